The minimum atomic E-state index is -3.64. The molecule has 0 atom stereocenters. The molecule has 8 heteroatoms. The van der Waals surface area contributed by atoms with Gasteiger partial charge in [-0.3, -0.25) is 4.79 Å². The number of carbonyl (C=O) groups is 1. The van der Waals surface area contributed by atoms with E-state index >= 15 is 0 Å². The van der Waals surface area contributed by atoms with Gasteiger partial charge in [-0.25, -0.2) is 8.42 Å². The largest absolute Gasteiger partial charge is 0.484 e. The molecule has 160 valence electrons. The van der Waals surface area contributed by atoms with Crippen molar-refractivity contribution in [1.29, 1.82) is 0 Å². The number of nitrogens with zero attached hydrogens (tertiary/aromatic N) is 1. The second kappa shape index (κ2) is 8.75. The van der Waals surface area contributed by atoms with Crippen LogP contribution in [0, 0.1) is 6.92 Å². The highest BCUT2D eigenvalue weighted by Gasteiger charge is 2.28. The number of amides is 1. The highest BCUT2D eigenvalue weighted by atomic mass is 32.2. The molecule has 1 saturated heterocycles. The van der Waals surface area contributed by atoms with Crippen molar-refractivity contribution in [1.82, 2.24) is 4.31 Å². The first-order valence-corrected chi connectivity index (χ1v) is 11.6. The van der Waals surface area contributed by atoms with E-state index in [1.165, 1.54) is 21.5 Å². The number of aryl methyl sites for hydroxylation is 3. The summed E-state index contributed by atoms with van der Waals surface area (Å²) in [5.74, 6) is 0.333. The second-order valence-corrected chi connectivity index (χ2v) is 9.52. The van der Waals surface area contributed by atoms with Gasteiger partial charge in [0.05, 0.1) is 18.1 Å². The number of fused-ring (bicyclic) bond motifs is 1. The minimum Gasteiger partial charge on any atom is -0.484 e. The van der Waals surface area contributed by atoms with Crippen LogP contribution < -0.4 is 10.1 Å². The second-order valence-electron chi connectivity index (χ2n) is 7.62. The van der Waals surface area contributed by atoms with Gasteiger partial charge in [-0.05, 0) is 67.1 Å². The number of hydrogen-bond donors (Lipinski definition) is 1. The fraction of sp³-hybridized carbons (Fsp3) is 0.409. The Labute approximate surface area is 177 Å². The first kappa shape index (κ1) is 20.8. The molecule has 1 N–H and O–H groups in total. The molecule has 30 heavy (non-hydrogen) atoms. The van der Waals surface area contributed by atoms with Gasteiger partial charge in [0.25, 0.3) is 5.91 Å². The Morgan fingerprint density at radius 2 is 1.87 bits per heavy atom. The van der Waals surface area contributed by atoms with E-state index in [-0.39, 0.29) is 17.4 Å². The van der Waals surface area contributed by atoms with E-state index in [0.717, 1.165) is 19.3 Å². The van der Waals surface area contributed by atoms with Crippen molar-refractivity contribution < 1.29 is 22.7 Å². The number of sulfonamides is 1. The van der Waals surface area contributed by atoms with E-state index in [1.807, 2.05) is 12.1 Å². The Bertz CT molecular complexity index is 1050. The van der Waals surface area contributed by atoms with E-state index in [2.05, 4.69) is 11.4 Å². The van der Waals surface area contributed by atoms with E-state index < -0.39 is 10.0 Å². The van der Waals surface area contributed by atoms with Crippen LogP contribution in [0.5, 0.6) is 5.75 Å². The molecule has 1 fully saturated rings. The lowest BCUT2D eigenvalue weighted by Gasteiger charge is -2.26. The molecule has 0 saturated carbocycles. The molecule has 0 spiro atoms. The summed E-state index contributed by atoms with van der Waals surface area (Å²) in [5, 5.41) is 2.74. The molecule has 7 nitrogen and oxygen atoms in total. The maximum Gasteiger partial charge on any atom is 0.262 e. The fourth-order valence-electron chi connectivity index (χ4n) is 3.87. The van der Waals surface area contributed by atoms with Gasteiger partial charge in [-0.15, -0.1) is 0 Å². The van der Waals surface area contributed by atoms with Crippen molar-refractivity contribution in [3.8, 4) is 5.75 Å². The molecular formula is C22H26N2O5S. The molecule has 0 unspecified atom stereocenters. The third-order valence-electron chi connectivity index (χ3n) is 5.50. The molecule has 0 radical (unpaired) electrons. The zero-order valence-electron chi connectivity index (χ0n) is 17.0. The third kappa shape index (κ3) is 4.50. The van der Waals surface area contributed by atoms with Crippen molar-refractivity contribution in [3.05, 3.63) is 53.1 Å². The van der Waals surface area contributed by atoms with Crippen LogP contribution in [0.3, 0.4) is 0 Å². The first-order valence-electron chi connectivity index (χ1n) is 10.2. The third-order valence-corrected chi connectivity index (χ3v) is 7.54. The number of carbonyl (C=O) groups excluding carboxylic acids is 1. The summed E-state index contributed by atoms with van der Waals surface area (Å²) in [6.45, 7) is 3.03. The summed E-state index contributed by atoms with van der Waals surface area (Å²) < 4.78 is 38.3. The number of ether oxygens (including phenoxy) is 2. The summed E-state index contributed by atoms with van der Waals surface area (Å²) in [6, 6.07) is 10.8. The zero-order chi connectivity index (χ0) is 21.1. The van der Waals surface area contributed by atoms with Gasteiger partial charge in [-0.1, -0.05) is 12.1 Å². The quantitative estimate of drug-likeness (QED) is 0.761. The molecule has 1 aliphatic heterocycles. The van der Waals surface area contributed by atoms with E-state index in [0.29, 0.717) is 43.3 Å². The molecule has 4 rings (SSSR count). The molecule has 2 aliphatic rings. The number of rotatable bonds is 6. The Balaban J connectivity index is 1.42. The Kier molecular flexibility index (Phi) is 6.08. The van der Waals surface area contributed by atoms with Gasteiger partial charge in [0.1, 0.15) is 5.75 Å². The van der Waals surface area contributed by atoms with Crippen LogP contribution in [0.15, 0.2) is 41.3 Å². The van der Waals surface area contributed by atoms with E-state index in [1.54, 1.807) is 19.1 Å². The lowest BCUT2D eigenvalue weighted by molar-refractivity contribution is -0.118. The maximum absolute atomic E-state index is 13.0. The lowest BCUT2D eigenvalue weighted by atomic mass is 10.1. The van der Waals surface area contributed by atoms with Gasteiger partial charge < -0.3 is 14.8 Å². The predicted molar refractivity (Wildman–Crippen MR) is 113 cm³/mol. The molecule has 2 aromatic carbocycles. The van der Waals surface area contributed by atoms with E-state index in [9.17, 15) is 13.2 Å². The Morgan fingerprint density at radius 3 is 2.67 bits per heavy atom. The van der Waals surface area contributed by atoms with Crippen LogP contribution in [0.25, 0.3) is 0 Å². The van der Waals surface area contributed by atoms with Crippen LogP contribution in [0.1, 0.15) is 23.1 Å². The Morgan fingerprint density at radius 1 is 1.10 bits per heavy atom. The predicted octanol–water partition coefficient (Wildman–Crippen LogP) is 2.52. The number of morpholine rings is 1. The monoisotopic (exact) mass is 430 g/mol. The fourth-order valence-corrected chi connectivity index (χ4v) is 5.52. The summed E-state index contributed by atoms with van der Waals surface area (Å²) in [4.78, 5) is 12.6. The van der Waals surface area contributed by atoms with Gasteiger partial charge in [0, 0.05) is 18.8 Å². The number of nitrogens with one attached hydrogen (secondary N) is 1. The Hall–Kier alpha value is -2.42. The van der Waals surface area contributed by atoms with Crippen molar-refractivity contribution in [2.45, 2.75) is 31.1 Å². The summed E-state index contributed by atoms with van der Waals surface area (Å²) in [6.07, 6.45) is 3.30. The standard InChI is InChI=1S/C22H26N2O5S/c1-16-5-7-19(14-21(16)30(26,27)24-9-11-28-12-10-24)23-22(25)15-29-20-8-6-17-3-2-4-18(17)13-20/h5-8,13-14H,2-4,9-12,15H2,1H3,(H,23,25). The van der Waals surface area contributed by atoms with Crippen molar-refractivity contribution in [2.75, 3.05) is 38.2 Å². The average molecular weight is 431 g/mol. The number of hydrogen-bond acceptors (Lipinski definition) is 5. The highest BCUT2D eigenvalue weighted by Crippen LogP contribution is 2.26. The smallest absolute Gasteiger partial charge is 0.262 e. The van der Waals surface area contributed by atoms with Crippen LogP contribution >= 0.6 is 0 Å². The van der Waals surface area contributed by atoms with Gasteiger partial charge in [0.15, 0.2) is 6.61 Å². The first-order chi connectivity index (χ1) is 14.4. The average Bonchev–Trinajstić information content (AvgIpc) is 3.22. The molecular weight excluding hydrogens is 404 g/mol. The molecule has 2 aromatic rings. The van der Waals surface area contributed by atoms with Crippen LogP contribution in [0.4, 0.5) is 5.69 Å². The number of anilines is 1. The van der Waals surface area contributed by atoms with Crippen LogP contribution in [-0.4, -0.2) is 51.5 Å². The highest BCUT2D eigenvalue weighted by molar-refractivity contribution is 7.89. The van der Waals surface area contributed by atoms with Crippen LogP contribution in [0.2, 0.25) is 0 Å². The van der Waals surface area contributed by atoms with Crippen molar-refractivity contribution >= 4 is 21.6 Å². The lowest BCUT2D eigenvalue weighted by Crippen LogP contribution is -2.40. The molecule has 1 amide bonds. The van der Waals surface area contributed by atoms with Gasteiger partial charge in [0.2, 0.25) is 10.0 Å². The SMILES string of the molecule is Cc1ccc(NC(=O)COc2ccc3c(c2)CCC3)cc1S(=O)(=O)N1CCOCC1. The maximum atomic E-state index is 13.0. The normalized spacial score (nSPS) is 16.8. The van der Waals surface area contributed by atoms with E-state index in [4.69, 9.17) is 9.47 Å². The number of benzene rings is 2. The molecule has 0 bridgehead atoms. The van der Waals surface area contributed by atoms with Gasteiger partial charge >= 0.3 is 0 Å². The molecule has 1 heterocycles. The van der Waals surface area contributed by atoms with Crippen LogP contribution in [-0.2, 0) is 32.4 Å². The topological polar surface area (TPSA) is 84.9 Å². The van der Waals surface area contributed by atoms with Crippen molar-refractivity contribution in [2.24, 2.45) is 0 Å². The van der Waals surface area contributed by atoms with Crippen molar-refractivity contribution in [3.63, 3.8) is 0 Å². The van der Waals surface area contributed by atoms with Gasteiger partial charge in [-0.2, -0.15) is 4.31 Å². The zero-order valence-corrected chi connectivity index (χ0v) is 17.8. The summed E-state index contributed by atoms with van der Waals surface area (Å²) in [7, 11) is -3.64. The minimum absolute atomic E-state index is 0.141. The summed E-state index contributed by atoms with van der Waals surface area (Å²) in [5.41, 5.74) is 3.69. The molecule has 1 aliphatic carbocycles. The molecule has 0 aromatic heterocycles. The summed E-state index contributed by atoms with van der Waals surface area (Å²) >= 11 is 0.